The minimum Gasteiger partial charge on any atom is -0.382 e. The van der Waals surface area contributed by atoms with E-state index in [0.717, 1.165) is 13.1 Å². The highest BCUT2D eigenvalue weighted by Gasteiger charge is 2.21. The lowest BCUT2D eigenvalue weighted by Gasteiger charge is -2.32. The van der Waals surface area contributed by atoms with Gasteiger partial charge in [-0.05, 0) is 13.0 Å². The maximum Gasteiger partial charge on any atom is 0.150 e. The van der Waals surface area contributed by atoms with Crippen molar-refractivity contribution in [3.8, 4) is 0 Å². The van der Waals surface area contributed by atoms with Crippen LogP contribution in [-0.2, 0) is 4.74 Å². The standard InChI is InChI=1S/C10H13Cl2N3O/c1-6-5-15(2-3-16-6)10-8(12)4-7(11)9(13)14-10/h4,6H,2-3,5H2,1H3,(H2,13,14). The summed E-state index contributed by atoms with van der Waals surface area (Å²) in [5.41, 5.74) is 5.67. The Balaban J connectivity index is 2.29. The van der Waals surface area contributed by atoms with Gasteiger partial charge in [0.15, 0.2) is 0 Å². The Morgan fingerprint density at radius 2 is 2.25 bits per heavy atom. The van der Waals surface area contributed by atoms with Gasteiger partial charge in [-0.3, -0.25) is 0 Å². The van der Waals surface area contributed by atoms with E-state index < -0.39 is 0 Å². The number of rotatable bonds is 1. The van der Waals surface area contributed by atoms with Crippen LogP contribution in [0.25, 0.3) is 0 Å². The Morgan fingerprint density at radius 3 is 2.94 bits per heavy atom. The van der Waals surface area contributed by atoms with Crippen molar-refractivity contribution < 1.29 is 4.74 Å². The quantitative estimate of drug-likeness (QED) is 0.842. The van der Waals surface area contributed by atoms with Gasteiger partial charge in [-0.25, -0.2) is 4.98 Å². The fraction of sp³-hybridized carbons (Fsp3) is 0.500. The number of anilines is 2. The van der Waals surface area contributed by atoms with Crippen molar-refractivity contribution in [2.45, 2.75) is 13.0 Å². The molecule has 2 rings (SSSR count). The van der Waals surface area contributed by atoms with Crippen LogP contribution in [0.2, 0.25) is 10.0 Å². The SMILES string of the molecule is CC1CN(c2nc(N)c(Cl)cc2Cl)CCO1. The molecular formula is C10H13Cl2N3O. The lowest BCUT2D eigenvalue weighted by atomic mass is 10.3. The van der Waals surface area contributed by atoms with Gasteiger partial charge in [0.05, 0.1) is 22.8 Å². The maximum atomic E-state index is 6.10. The molecular weight excluding hydrogens is 249 g/mol. The van der Waals surface area contributed by atoms with Gasteiger partial charge >= 0.3 is 0 Å². The number of hydrogen-bond acceptors (Lipinski definition) is 4. The maximum absolute atomic E-state index is 6.10. The normalized spacial score (nSPS) is 21.2. The van der Waals surface area contributed by atoms with E-state index in [9.17, 15) is 0 Å². The zero-order valence-corrected chi connectivity index (χ0v) is 10.4. The third-order valence-electron chi connectivity index (χ3n) is 2.48. The molecule has 0 aliphatic carbocycles. The first-order chi connectivity index (χ1) is 7.58. The third kappa shape index (κ3) is 2.34. The molecule has 0 aromatic carbocycles. The first kappa shape index (κ1) is 11.8. The van der Waals surface area contributed by atoms with Crippen LogP contribution in [0.4, 0.5) is 11.6 Å². The average molecular weight is 262 g/mol. The highest BCUT2D eigenvalue weighted by atomic mass is 35.5. The first-order valence-corrected chi connectivity index (χ1v) is 5.81. The van der Waals surface area contributed by atoms with Gasteiger partial charge in [-0.1, -0.05) is 23.2 Å². The molecule has 1 aliphatic heterocycles. The van der Waals surface area contributed by atoms with E-state index in [2.05, 4.69) is 9.88 Å². The number of ether oxygens (including phenoxy) is 1. The first-order valence-electron chi connectivity index (χ1n) is 5.06. The average Bonchev–Trinajstić information content (AvgIpc) is 2.23. The number of nitrogens with zero attached hydrogens (tertiary/aromatic N) is 2. The molecule has 0 radical (unpaired) electrons. The molecule has 1 aliphatic rings. The Hall–Kier alpha value is -0.710. The number of halogens is 2. The van der Waals surface area contributed by atoms with E-state index in [4.69, 9.17) is 33.7 Å². The molecule has 4 nitrogen and oxygen atoms in total. The zero-order chi connectivity index (χ0) is 11.7. The van der Waals surface area contributed by atoms with E-state index in [1.807, 2.05) is 6.92 Å². The van der Waals surface area contributed by atoms with Crippen LogP contribution >= 0.6 is 23.2 Å². The smallest absolute Gasteiger partial charge is 0.150 e. The molecule has 2 heterocycles. The molecule has 0 spiro atoms. The van der Waals surface area contributed by atoms with E-state index >= 15 is 0 Å². The van der Waals surface area contributed by atoms with Crippen molar-refractivity contribution in [2.75, 3.05) is 30.3 Å². The van der Waals surface area contributed by atoms with Crippen molar-refractivity contribution >= 4 is 34.8 Å². The predicted molar refractivity (Wildman–Crippen MR) is 66.3 cm³/mol. The van der Waals surface area contributed by atoms with Gasteiger partial charge in [0, 0.05) is 13.1 Å². The van der Waals surface area contributed by atoms with Gasteiger partial charge in [0.2, 0.25) is 0 Å². The summed E-state index contributed by atoms with van der Waals surface area (Å²) < 4.78 is 5.45. The minimum atomic E-state index is 0.170. The molecule has 0 amide bonds. The summed E-state index contributed by atoms with van der Waals surface area (Å²) in [6.07, 6.45) is 0.170. The highest BCUT2D eigenvalue weighted by molar-refractivity contribution is 6.37. The molecule has 0 bridgehead atoms. The Labute approximate surface area is 104 Å². The summed E-state index contributed by atoms with van der Waals surface area (Å²) in [5.74, 6) is 0.985. The van der Waals surface area contributed by atoms with Crippen molar-refractivity contribution in [3.05, 3.63) is 16.1 Å². The molecule has 0 saturated carbocycles. The molecule has 2 N–H and O–H groups in total. The Morgan fingerprint density at radius 1 is 1.50 bits per heavy atom. The fourth-order valence-electron chi connectivity index (χ4n) is 1.70. The molecule has 1 atom stereocenters. The molecule has 1 saturated heterocycles. The zero-order valence-electron chi connectivity index (χ0n) is 8.91. The van der Waals surface area contributed by atoms with Crippen LogP contribution in [0.1, 0.15) is 6.92 Å². The summed E-state index contributed by atoms with van der Waals surface area (Å²) in [4.78, 5) is 6.27. The molecule has 6 heteroatoms. The van der Waals surface area contributed by atoms with Crippen LogP contribution < -0.4 is 10.6 Å². The summed E-state index contributed by atoms with van der Waals surface area (Å²) in [7, 11) is 0. The molecule has 1 unspecified atom stereocenters. The monoisotopic (exact) mass is 261 g/mol. The number of hydrogen-bond donors (Lipinski definition) is 1. The Kier molecular flexibility index (Phi) is 3.42. The summed E-state index contributed by atoms with van der Waals surface area (Å²) in [5, 5.41) is 0.906. The second-order valence-electron chi connectivity index (χ2n) is 3.79. The lowest BCUT2D eigenvalue weighted by molar-refractivity contribution is 0.0529. The largest absolute Gasteiger partial charge is 0.382 e. The second-order valence-corrected chi connectivity index (χ2v) is 4.60. The van der Waals surface area contributed by atoms with Crippen molar-refractivity contribution in [3.63, 3.8) is 0 Å². The number of morpholine rings is 1. The van der Waals surface area contributed by atoms with E-state index in [0.29, 0.717) is 28.3 Å². The third-order valence-corrected chi connectivity index (χ3v) is 3.06. The van der Waals surface area contributed by atoms with E-state index in [1.165, 1.54) is 0 Å². The van der Waals surface area contributed by atoms with Gasteiger partial charge in [0.1, 0.15) is 11.6 Å². The predicted octanol–water partition coefficient (Wildman–Crippen LogP) is 2.20. The lowest BCUT2D eigenvalue weighted by Crippen LogP contribution is -2.41. The fourth-order valence-corrected chi connectivity index (χ4v) is 2.18. The molecule has 1 aromatic rings. The number of aromatic nitrogens is 1. The molecule has 1 aromatic heterocycles. The van der Waals surface area contributed by atoms with Crippen LogP contribution in [0.5, 0.6) is 0 Å². The number of nitrogens with two attached hydrogens (primary N) is 1. The van der Waals surface area contributed by atoms with Crippen molar-refractivity contribution in [2.24, 2.45) is 0 Å². The van der Waals surface area contributed by atoms with Crippen LogP contribution in [0, 0.1) is 0 Å². The van der Waals surface area contributed by atoms with Crippen molar-refractivity contribution in [1.29, 1.82) is 0 Å². The van der Waals surface area contributed by atoms with Crippen LogP contribution in [0.15, 0.2) is 6.07 Å². The minimum absolute atomic E-state index is 0.170. The summed E-state index contributed by atoms with van der Waals surface area (Å²) >= 11 is 11.9. The van der Waals surface area contributed by atoms with Crippen molar-refractivity contribution in [1.82, 2.24) is 4.98 Å². The van der Waals surface area contributed by atoms with E-state index in [-0.39, 0.29) is 6.10 Å². The van der Waals surface area contributed by atoms with Gasteiger partial charge in [-0.15, -0.1) is 0 Å². The Bertz CT molecular complexity index is 400. The second kappa shape index (κ2) is 4.65. The van der Waals surface area contributed by atoms with Gasteiger partial charge in [-0.2, -0.15) is 0 Å². The molecule has 1 fully saturated rings. The van der Waals surface area contributed by atoms with Crippen LogP contribution in [0.3, 0.4) is 0 Å². The number of pyridine rings is 1. The number of nitrogen functional groups attached to an aromatic ring is 1. The summed E-state index contributed by atoms with van der Waals surface area (Å²) in [6.45, 7) is 4.20. The highest BCUT2D eigenvalue weighted by Crippen LogP contribution is 2.30. The van der Waals surface area contributed by atoms with E-state index in [1.54, 1.807) is 6.07 Å². The summed E-state index contributed by atoms with van der Waals surface area (Å²) in [6, 6.07) is 1.63. The van der Waals surface area contributed by atoms with Gasteiger partial charge < -0.3 is 15.4 Å². The van der Waals surface area contributed by atoms with Crippen LogP contribution in [-0.4, -0.2) is 30.8 Å². The van der Waals surface area contributed by atoms with Gasteiger partial charge in [0.25, 0.3) is 0 Å². The molecule has 16 heavy (non-hydrogen) atoms. The molecule has 88 valence electrons. The topological polar surface area (TPSA) is 51.4 Å².